The van der Waals surface area contributed by atoms with Gasteiger partial charge in [-0.3, -0.25) is 4.79 Å². The summed E-state index contributed by atoms with van der Waals surface area (Å²) < 4.78 is 12.9. The molecule has 1 aromatic rings. The molecule has 3 heteroatoms. The van der Waals surface area contributed by atoms with Gasteiger partial charge in [-0.15, -0.1) is 0 Å². The third-order valence-electron chi connectivity index (χ3n) is 3.09. The van der Waals surface area contributed by atoms with E-state index in [4.69, 9.17) is 0 Å². The number of nitrogens with one attached hydrogen (secondary N) is 1. The number of carbonyl (C=O) groups excluding carboxylic acids is 1. The molecule has 2 nitrogen and oxygen atoms in total. The van der Waals surface area contributed by atoms with Crippen molar-refractivity contribution in [2.75, 3.05) is 5.32 Å². The maximum absolute atomic E-state index is 12.9. The predicted octanol–water partition coefficient (Wildman–Crippen LogP) is 3.43. The molecule has 1 atom stereocenters. The van der Waals surface area contributed by atoms with Gasteiger partial charge < -0.3 is 5.32 Å². The second kappa shape index (κ2) is 5.13. The molecule has 17 heavy (non-hydrogen) atoms. The molecule has 0 fully saturated rings. The summed E-state index contributed by atoms with van der Waals surface area (Å²) in [4.78, 5) is 12.0. The minimum absolute atomic E-state index is 0.0315. The van der Waals surface area contributed by atoms with Crippen LogP contribution in [0.15, 0.2) is 30.4 Å². The Balaban J connectivity index is 2.05. The molecule has 0 bridgehead atoms. The van der Waals surface area contributed by atoms with Crippen molar-refractivity contribution in [2.24, 2.45) is 5.92 Å². The number of carbonyl (C=O) groups is 1. The summed E-state index contributed by atoms with van der Waals surface area (Å²) in [5, 5.41) is 2.87. The second-order valence-electron chi connectivity index (χ2n) is 4.43. The standard InChI is InChI=1S/C14H16FNO/c1-10-9-12(15)7-8-13(10)16-14(17)11-5-3-2-4-6-11/h2-3,7-9,11H,4-6H2,1H3,(H,16,17). The first kappa shape index (κ1) is 11.8. The molecule has 0 aromatic heterocycles. The third kappa shape index (κ3) is 2.93. The number of amides is 1. The van der Waals surface area contributed by atoms with Crippen LogP contribution in [0.1, 0.15) is 24.8 Å². The van der Waals surface area contributed by atoms with Crippen molar-refractivity contribution in [1.82, 2.24) is 0 Å². The van der Waals surface area contributed by atoms with Gasteiger partial charge in [-0.05, 0) is 49.9 Å². The lowest BCUT2D eigenvalue weighted by molar-refractivity contribution is -0.120. The Kier molecular flexibility index (Phi) is 3.57. The molecule has 1 aliphatic carbocycles. The van der Waals surface area contributed by atoms with Crippen LogP contribution in [0.5, 0.6) is 0 Å². The fourth-order valence-corrected chi connectivity index (χ4v) is 2.03. The first-order valence-corrected chi connectivity index (χ1v) is 5.89. The highest BCUT2D eigenvalue weighted by Crippen LogP contribution is 2.22. The second-order valence-corrected chi connectivity index (χ2v) is 4.43. The Bertz CT molecular complexity index is 454. The van der Waals surface area contributed by atoms with Crippen molar-refractivity contribution in [2.45, 2.75) is 26.2 Å². The molecule has 2 rings (SSSR count). The maximum Gasteiger partial charge on any atom is 0.227 e. The number of hydrogen-bond acceptors (Lipinski definition) is 1. The molecule has 0 saturated heterocycles. The molecule has 0 spiro atoms. The lowest BCUT2D eigenvalue weighted by Crippen LogP contribution is -2.23. The van der Waals surface area contributed by atoms with Gasteiger partial charge in [0.25, 0.3) is 0 Å². The highest BCUT2D eigenvalue weighted by molar-refractivity contribution is 5.93. The number of benzene rings is 1. The Morgan fingerprint density at radius 2 is 2.24 bits per heavy atom. The minimum Gasteiger partial charge on any atom is -0.326 e. The van der Waals surface area contributed by atoms with Crippen molar-refractivity contribution in [3.8, 4) is 0 Å². The lowest BCUT2D eigenvalue weighted by atomic mass is 9.93. The van der Waals surface area contributed by atoms with Crippen molar-refractivity contribution in [3.63, 3.8) is 0 Å². The summed E-state index contributed by atoms with van der Waals surface area (Å²) in [7, 11) is 0. The zero-order valence-corrected chi connectivity index (χ0v) is 9.87. The molecular formula is C14H16FNO. The summed E-state index contributed by atoms with van der Waals surface area (Å²) in [5.41, 5.74) is 1.45. The van der Waals surface area contributed by atoms with Gasteiger partial charge >= 0.3 is 0 Å². The van der Waals surface area contributed by atoms with E-state index in [2.05, 4.69) is 11.4 Å². The minimum atomic E-state index is -0.277. The molecule has 1 amide bonds. The molecule has 1 N–H and O–H groups in total. The Labute approximate surface area is 101 Å². The zero-order valence-electron chi connectivity index (χ0n) is 9.87. The van der Waals surface area contributed by atoms with Crippen LogP contribution in [0.25, 0.3) is 0 Å². The SMILES string of the molecule is Cc1cc(F)ccc1NC(=O)C1CC=CCC1. The van der Waals surface area contributed by atoms with Crippen LogP contribution in [0.2, 0.25) is 0 Å². The molecule has 90 valence electrons. The van der Waals surface area contributed by atoms with Gasteiger partial charge in [0, 0.05) is 11.6 Å². The number of halogens is 1. The fourth-order valence-electron chi connectivity index (χ4n) is 2.03. The van der Waals surface area contributed by atoms with Gasteiger partial charge in [-0.1, -0.05) is 12.2 Å². The van der Waals surface area contributed by atoms with E-state index < -0.39 is 0 Å². The van der Waals surface area contributed by atoms with E-state index in [1.807, 2.05) is 6.08 Å². The van der Waals surface area contributed by atoms with Gasteiger partial charge in [-0.2, -0.15) is 0 Å². The molecule has 1 aromatic carbocycles. The summed E-state index contributed by atoms with van der Waals surface area (Å²) in [5.74, 6) is -0.199. The molecule has 0 radical (unpaired) electrons. The van der Waals surface area contributed by atoms with Crippen LogP contribution in [0.3, 0.4) is 0 Å². The highest BCUT2D eigenvalue weighted by atomic mass is 19.1. The first-order chi connectivity index (χ1) is 8.16. The fraction of sp³-hybridized carbons (Fsp3) is 0.357. The monoisotopic (exact) mass is 233 g/mol. The lowest BCUT2D eigenvalue weighted by Gasteiger charge is -2.18. The normalized spacial score (nSPS) is 19.1. The van der Waals surface area contributed by atoms with Crippen LogP contribution in [0.4, 0.5) is 10.1 Å². The number of aryl methyl sites for hydroxylation is 1. The van der Waals surface area contributed by atoms with E-state index in [1.54, 1.807) is 13.0 Å². The van der Waals surface area contributed by atoms with Crippen molar-refractivity contribution in [3.05, 3.63) is 41.7 Å². The van der Waals surface area contributed by atoms with Gasteiger partial charge in [0.2, 0.25) is 5.91 Å². The summed E-state index contributed by atoms with van der Waals surface area (Å²) in [6.07, 6.45) is 6.80. The number of anilines is 1. The van der Waals surface area contributed by atoms with Gasteiger partial charge in [0.1, 0.15) is 5.82 Å². The van der Waals surface area contributed by atoms with E-state index in [0.717, 1.165) is 24.8 Å². The molecule has 0 aliphatic heterocycles. The highest BCUT2D eigenvalue weighted by Gasteiger charge is 2.19. The Morgan fingerprint density at radius 3 is 2.88 bits per heavy atom. The van der Waals surface area contributed by atoms with E-state index in [0.29, 0.717) is 5.69 Å². The quantitative estimate of drug-likeness (QED) is 0.779. The summed E-state index contributed by atoms with van der Waals surface area (Å²) >= 11 is 0. The predicted molar refractivity (Wildman–Crippen MR) is 66.2 cm³/mol. The van der Waals surface area contributed by atoms with Crippen LogP contribution < -0.4 is 5.32 Å². The van der Waals surface area contributed by atoms with Gasteiger partial charge in [0.15, 0.2) is 0 Å². The van der Waals surface area contributed by atoms with E-state index in [-0.39, 0.29) is 17.6 Å². The van der Waals surface area contributed by atoms with Crippen molar-refractivity contribution in [1.29, 1.82) is 0 Å². The molecule has 1 unspecified atom stereocenters. The number of hydrogen-bond donors (Lipinski definition) is 1. The molecule has 0 heterocycles. The Hall–Kier alpha value is -1.64. The summed E-state index contributed by atoms with van der Waals surface area (Å²) in [6.45, 7) is 1.79. The van der Waals surface area contributed by atoms with Crippen LogP contribution in [-0.4, -0.2) is 5.91 Å². The summed E-state index contributed by atoms with van der Waals surface area (Å²) in [6, 6.07) is 4.40. The third-order valence-corrected chi connectivity index (χ3v) is 3.09. The van der Waals surface area contributed by atoms with Crippen LogP contribution in [0, 0.1) is 18.7 Å². The topological polar surface area (TPSA) is 29.1 Å². The van der Waals surface area contributed by atoms with E-state index in [9.17, 15) is 9.18 Å². The van der Waals surface area contributed by atoms with Crippen molar-refractivity contribution >= 4 is 11.6 Å². The van der Waals surface area contributed by atoms with E-state index >= 15 is 0 Å². The molecule has 0 saturated carbocycles. The van der Waals surface area contributed by atoms with Crippen LogP contribution in [-0.2, 0) is 4.79 Å². The van der Waals surface area contributed by atoms with Crippen LogP contribution >= 0.6 is 0 Å². The zero-order chi connectivity index (χ0) is 12.3. The largest absolute Gasteiger partial charge is 0.326 e. The van der Waals surface area contributed by atoms with Gasteiger partial charge in [0.05, 0.1) is 0 Å². The van der Waals surface area contributed by atoms with Gasteiger partial charge in [-0.25, -0.2) is 4.39 Å². The number of rotatable bonds is 2. The Morgan fingerprint density at radius 1 is 1.41 bits per heavy atom. The average Bonchev–Trinajstić information content (AvgIpc) is 2.34. The first-order valence-electron chi connectivity index (χ1n) is 5.89. The van der Waals surface area contributed by atoms with Crippen molar-refractivity contribution < 1.29 is 9.18 Å². The van der Waals surface area contributed by atoms with E-state index in [1.165, 1.54) is 12.1 Å². The number of allylic oxidation sites excluding steroid dienone is 2. The molecule has 1 aliphatic rings. The maximum atomic E-state index is 12.9. The average molecular weight is 233 g/mol. The smallest absolute Gasteiger partial charge is 0.227 e. The molecular weight excluding hydrogens is 217 g/mol.